The summed E-state index contributed by atoms with van der Waals surface area (Å²) >= 11 is 0. The summed E-state index contributed by atoms with van der Waals surface area (Å²) in [5, 5.41) is 6.67. The van der Waals surface area contributed by atoms with Crippen LogP contribution in [0.15, 0.2) is 79.5 Å². The first-order valence-electron chi connectivity index (χ1n) is 9.55. The van der Waals surface area contributed by atoms with Crippen molar-refractivity contribution in [2.45, 2.75) is 0 Å². The maximum absolute atomic E-state index is 13.0. The summed E-state index contributed by atoms with van der Waals surface area (Å²) in [7, 11) is 1.56. The van der Waals surface area contributed by atoms with E-state index in [1.807, 2.05) is 24.3 Å². The van der Waals surface area contributed by atoms with Crippen LogP contribution in [0, 0.1) is 0 Å². The van der Waals surface area contributed by atoms with Crippen molar-refractivity contribution in [3.63, 3.8) is 0 Å². The summed E-state index contributed by atoms with van der Waals surface area (Å²) in [4.78, 5) is 32.3. The Morgan fingerprint density at radius 1 is 1.06 bits per heavy atom. The number of pyridine rings is 1. The molecule has 0 saturated heterocycles. The third-order valence-electron chi connectivity index (χ3n) is 4.75. The van der Waals surface area contributed by atoms with Crippen LogP contribution < -0.4 is 15.4 Å². The van der Waals surface area contributed by atoms with E-state index >= 15 is 0 Å². The van der Waals surface area contributed by atoms with Crippen LogP contribution in [-0.2, 0) is 4.79 Å². The number of ketones is 1. The Morgan fingerprint density at radius 3 is 2.65 bits per heavy atom. The van der Waals surface area contributed by atoms with Gasteiger partial charge in [0.2, 0.25) is 5.91 Å². The molecule has 0 radical (unpaired) electrons. The Balaban J connectivity index is 1.62. The summed E-state index contributed by atoms with van der Waals surface area (Å²) in [6.45, 7) is 3.47. The van der Waals surface area contributed by atoms with Gasteiger partial charge in [-0.15, -0.1) is 0 Å². The molecule has 0 aliphatic heterocycles. The minimum atomic E-state index is -0.303. The first-order valence-corrected chi connectivity index (χ1v) is 9.55. The van der Waals surface area contributed by atoms with Gasteiger partial charge in [-0.05, 0) is 42.5 Å². The number of nitrogens with zero attached hydrogens (tertiary/aromatic N) is 1. The predicted octanol–water partition coefficient (Wildman–Crippen LogP) is 4.67. The summed E-state index contributed by atoms with van der Waals surface area (Å²) in [6, 6.07) is 17.9. The van der Waals surface area contributed by atoms with Crippen molar-refractivity contribution in [2.75, 3.05) is 17.7 Å². The van der Waals surface area contributed by atoms with E-state index in [1.54, 1.807) is 49.7 Å². The van der Waals surface area contributed by atoms with Gasteiger partial charge in [-0.2, -0.15) is 0 Å². The molecular weight excluding hydrogens is 392 g/mol. The van der Waals surface area contributed by atoms with Crippen LogP contribution in [-0.4, -0.2) is 28.8 Å². The number of H-pyrrole nitrogens is 1. The molecule has 0 spiro atoms. The molecule has 0 fully saturated rings. The highest BCUT2D eigenvalue weighted by atomic mass is 16.5. The second kappa shape index (κ2) is 8.54. The van der Waals surface area contributed by atoms with Crippen molar-refractivity contribution in [3.8, 4) is 5.75 Å². The molecule has 1 amide bonds. The van der Waals surface area contributed by atoms with Crippen molar-refractivity contribution in [2.24, 2.45) is 0 Å². The Kier molecular flexibility index (Phi) is 5.49. The number of rotatable bonds is 7. The molecule has 3 N–H and O–H groups in total. The fourth-order valence-corrected chi connectivity index (χ4v) is 3.20. The summed E-state index contributed by atoms with van der Waals surface area (Å²) in [6.07, 6.45) is 2.86. The van der Waals surface area contributed by atoms with E-state index in [1.165, 1.54) is 6.08 Å². The normalized spacial score (nSPS) is 10.5. The Hall–Kier alpha value is -4.39. The van der Waals surface area contributed by atoms with Crippen molar-refractivity contribution < 1.29 is 14.3 Å². The Labute approximate surface area is 178 Å². The van der Waals surface area contributed by atoms with Gasteiger partial charge >= 0.3 is 0 Å². The molecular formula is C24H20N4O3. The maximum Gasteiger partial charge on any atom is 0.247 e. The van der Waals surface area contributed by atoms with Crippen LogP contribution in [0.3, 0.4) is 0 Å². The first-order chi connectivity index (χ1) is 15.1. The smallest absolute Gasteiger partial charge is 0.247 e. The molecule has 0 aliphatic carbocycles. The molecule has 4 aromatic rings. The van der Waals surface area contributed by atoms with E-state index in [2.05, 4.69) is 27.2 Å². The number of carbonyl (C=O) groups excluding carboxylic acids is 2. The van der Waals surface area contributed by atoms with Gasteiger partial charge in [-0.25, -0.2) is 4.98 Å². The van der Waals surface area contributed by atoms with Gasteiger partial charge in [0.05, 0.1) is 18.5 Å². The zero-order valence-corrected chi connectivity index (χ0v) is 16.8. The van der Waals surface area contributed by atoms with Crippen LogP contribution in [0.4, 0.5) is 17.2 Å². The first kappa shape index (κ1) is 19.9. The van der Waals surface area contributed by atoms with Crippen LogP contribution in [0.2, 0.25) is 0 Å². The number of benzene rings is 2. The molecule has 0 aliphatic rings. The number of aromatic nitrogens is 2. The minimum Gasteiger partial charge on any atom is -0.497 e. The summed E-state index contributed by atoms with van der Waals surface area (Å²) in [5.74, 6) is 0.764. The minimum absolute atomic E-state index is 0.120. The lowest BCUT2D eigenvalue weighted by Crippen LogP contribution is -2.09. The molecule has 2 aromatic heterocycles. The predicted molar refractivity (Wildman–Crippen MR) is 121 cm³/mol. The lowest BCUT2D eigenvalue weighted by atomic mass is 10.0. The summed E-state index contributed by atoms with van der Waals surface area (Å²) < 4.78 is 5.21. The number of aromatic amines is 1. The molecule has 4 rings (SSSR count). The van der Waals surface area contributed by atoms with Gasteiger partial charge in [0.1, 0.15) is 17.2 Å². The van der Waals surface area contributed by atoms with Crippen LogP contribution in [0.5, 0.6) is 5.75 Å². The van der Waals surface area contributed by atoms with Crippen molar-refractivity contribution in [1.29, 1.82) is 0 Å². The lowest BCUT2D eigenvalue weighted by molar-refractivity contribution is -0.111. The van der Waals surface area contributed by atoms with Crippen LogP contribution in [0.1, 0.15) is 15.9 Å². The fraction of sp³-hybridized carbons (Fsp3) is 0.0417. The third-order valence-corrected chi connectivity index (χ3v) is 4.75. The number of fused-ring (bicyclic) bond motifs is 1. The molecule has 0 bridgehead atoms. The quantitative estimate of drug-likeness (QED) is 0.303. The number of anilines is 3. The van der Waals surface area contributed by atoms with Gasteiger partial charge < -0.3 is 20.4 Å². The van der Waals surface area contributed by atoms with E-state index in [-0.39, 0.29) is 11.7 Å². The second-order valence-corrected chi connectivity index (χ2v) is 6.72. The number of carbonyl (C=O) groups is 2. The van der Waals surface area contributed by atoms with Crippen molar-refractivity contribution >= 4 is 39.9 Å². The number of nitrogens with one attached hydrogen (secondary N) is 3. The van der Waals surface area contributed by atoms with E-state index in [4.69, 9.17) is 4.74 Å². The highest BCUT2D eigenvalue weighted by Gasteiger charge is 2.16. The van der Waals surface area contributed by atoms with Crippen molar-refractivity contribution in [3.05, 3.63) is 90.6 Å². The molecule has 7 heteroatoms. The van der Waals surface area contributed by atoms with Gasteiger partial charge in [0.25, 0.3) is 0 Å². The number of ether oxygens (including phenoxy) is 1. The number of para-hydroxylation sites is 2. The third kappa shape index (κ3) is 4.16. The van der Waals surface area contributed by atoms with Gasteiger partial charge in [0, 0.05) is 22.7 Å². The monoisotopic (exact) mass is 412 g/mol. The Bertz CT molecular complexity index is 1290. The molecule has 154 valence electrons. The molecule has 2 heterocycles. The zero-order valence-electron chi connectivity index (χ0n) is 16.8. The largest absolute Gasteiger partial charge is 0.497 e. The van der Waals surface area contributed by atoms with E-state index in [0.717, 1.165) is 0 Å². The standard InChI is InChI=1S/C24H20N4O3/c1-3-22(29)27-20-10-5-4-9-19(20)26-21-12-11-17-18(14-25-24(17)28-21)23(30)15-7-6-8-16(13-15)31-2/h3-14H,1H2,2H3,(H,27,29)(H2,25,26,28). The van der Waals surface area contributed by atoms with Crippen LogP contribution in [0.25, 0.3) is 11.0 Å². The molecule has 7 nitrogen and oxygen atoms in total. The Morgan fingerprint density at radius 2 is 1.87 bits per heavy atom. The molecule has 0 atom stereocenters. The van der Waals surface area contributed by atoms with Gasteiger partial charge in [0.15, 0.2) is 5.78 Å². The molecule has 2 aromatic carbocycles. The van der Waals surface area contributed by atoms with Gasteiger partial charge in [-0.3, -0.25) is 9.59 Å². The van der Waals surface area contributed by atoms with E-state index < -0.39 is 0 Å². The molecule has 31 heavy (non-hydrogen) atoms. The van der Waals surface area contributed by atoms with E-state index in [9.17, 15) is 9.59 Å². The van der Waals surface area contributed by atoms with Crippen molar-refractivity contribution in [1.82, 2.24) is 9.97 Å². The van der Waals surface area contributed by atoms with E-state index in [0.29, 0.717) is 45.1 Å². The number of hydrogen-bond acceptors (Lipinski definition) is 5. The fourth-order valence-electron chi connectivity index (χ4n) is 3.20. The number of hydrogen-bond donors (Lipinski definition) is 3. The number of methoxy groups -OCH3 is 1. The maximum atomic E-state index is 13.0. The van der Waals surface area contributed by atoms with Gasteiger partial charge in [-0.1, -0.05) is 30.8 Å². The van der Waals surface area contributed by atoms with Crippen LogP contribution >= 0.6 is 0 Å². The zero-order chi connectivity index (χ0) is 21.8. The average molecular weight is 412 g/mol. The highest BCUT2D eigenvalue weighted by Crippen LogP contribution is 2.27. The number of amides is 1. The average Bonchev–Trinajstić information content (AvgIpc) is 3.23. The molecule has 0 unspecified atom stereocenters. The lowest BCUT2D eigenvalue weighted by Gasteiger charge is -2.11. The summed E-state index contributed by atoms with van der Waals surface area (Å²) in [5.41, 5.74) is 2.93. The topological polar surface area (TPSA) is 96.1 Å². The second-order valence-electron chi connectivity index (χ2n) is 6.72. The SMILES string of the molecule is C=CC(=O)Nc1ccccc1Nc1ccc2c(C(=O)c3cccc(OC)c3)c[nH]c2n1. The molecule has 0 saturated carbocycles. The highest BCUT2D eigenvalue weighted by molar-refractivity contribution is 6.16.